The second kappa shape index (κ2) is 6.73. The van der Waals surface area contributed by atoms with Crippen molar-refractivity contribution in [1.82, 2.24) is 5.32 Å². The van der Waals surface area contributed by atoms with Gasteiger partial charge in [0.1, 0.15) is 0 Å². The molecular weight excluding hydrogens is 304 g/mol. The minimum Gasteiger partial charge on any atom is -0.395 e. The van der Waals surface area contributed by atoms with E-state index in [1.807, 2.05) is 7.05 Å². The molecule has 0 aromatic heterocycles. The van der Waals surface area contributed by atoms with Gasteiger partial charge < -0.3 is 15.3 Å². The van der Waals surface area contributed by atoms with Gasteiger partial charge in [-0.25, -0.2) is 0 Å². The quantitative estimate of drug-likeness (QED) is 0.843. The van der Waals surface area contributed by atoms with Crippen molar-refractivity contribution < 1.29 is 5.11 Å². The van der Waals surface area contributed by atoms with Crippen LogP contribution >= 0.6 is 15.9 Å². The Morgan fingerprint density at radius 1 is 1.47 bits per heavy atom. The van der Waals surface area contributed by atoms with Crippen molar-refractivity contribution in [3.05, 3.63) is 28.2 Å². The van der Waals surface area contributed by atoms with Gasteiger partial charge in [-0.05, 0) is 66.9 Å². The third-order valence-electron chi connectivity index (χ3n) is 4.07. The van der Waals surface area contributed by atoms with Gasteiger partial charge in [0.15, 0.2) is 0 Å². The summed E-state index contributed by atoms with van der Waals surface area (Å²) in [6, 6.07) is 7.46. The van der Waals surface area contributed by atoms with Crippen LogP contribution in [0.1, 0.15) is 37.8 Å². The van der Waals surface area contributed by atoms with Crippen LogP contribution in [0.5, 0.6) is 0 Å². The van der Waals surface area contributed by atoms with Crippen molar-refractivity contribution in [3.63, 3.8) is 0 Å². The summed E-state index contributed by atoms with van der Waals surface area (Å²) < 4.78 is 1.12. The summed E-state index contributed by atoms with van der Waals surface area (Å²) in [6.07, 6.45) is 3.78. The van der Waals surface area contributed by atoms with Crippen LogP contribution in [0.2, 0.25) is 0 Å². The number of nitrogens with zero attached hydrogens (tertiary/aromatic N) is 1. The zero-order chi connectivity index (χ0) is 13.8. The van der Waals surface area contributed by atoms with E-state index in [0.717, 1.165) is 4.47 Å². The molecule has 19 heavy (non-hydrogen) atoms. The highest BCUT2D eigenvalue weighted by molar-refractivity contribution is 9.10. The third kappa shape index (κ3) is 3.30. The van der Waals surface area contributed by atoms with E-state index >= 15 is 0 Å². The van der Waals surface area contributed by atoms with Gasteiger partial charge >= 0.3 is 0 Å². The van der Waals surface area contributed by atoms with Crippen LogP contribution in [-0.2, 0) is 0 Å². The Kier molecular flexibility index (Phi) is 5.25. The van der Waals surface area contributed by atoms with Crippen molar-refractivity contribution >= 4 is 21.6 Å². The Balaban J connectivity index is 2.22. The molecule has 1 unspecified atom stereocenters. The number of aliphatic hydroxyl groups excluding tert-OH is 1. The van der Waals surface area contributed by atoms with Crippen molar-refractivity contribution in [2.24, 2.45) is 0 Å². The standard InChI is InChI=1S/C15H23BrN2O/c1-11(17-2)12-6-7-15(14(16)10-12)18(8-9-19)13-4-3-5-13/h6-7,10-11,13,17,19H,3-5,8-9H2,1-2H3. The molecule has 1 aliphatic rings. The molecule has 0 amide bonds. The Morgan fingerprint density at radius 2 is 2.21 bits per heavy atom. The van der Waals surface area contributed by atoms with Gasteiger partial charge in [-0.15, -0.1) is 0 Å². The second-order valence-corrected chi connectivity index (χ2v) is 6.08. The number of nitrogens with one attached hydrogen (secondary N) is 1. The molecular formula is C15H23BrN2O. The maximum Gasteiger partial charge on any atom is 0.0606 e. The molecule has 1 aliphatic carbocycles. The molecule has 3 nitrogen and oxygen atoms in total. The Bertz CT molecular complexity index is 421. The van der Waals surface area contributed by atoms with E-state index in [0.29, 0.717) is 18.6 Å². The van der Waals surface area contributed by atoms with Crippen LogP contribution < -0.4 is 10.2 Å². The van der Waals surface area contributed by atoms with E-state index in [9.17, 15) is 5.11 Å². The van der Waals surface area contributed by atoms with E-state index in [2.05, 4.69) is 51.3 Å². The van der Waals surface area contributed by atoms with E-state index in [1.54, 1.807) is 0 Å². The van der Waals surface area contributed by atoms with Gasteiger partial charge in [0.2, 0.25) is 0 Å². The second-order valence-electron chi connectivity index (χ2n) is 5.22. The predicted molar refractivity (Wildman–Crippen MR) is 83.7 cm³/mol. The van der Waals surface area contributed by atoms with Gasteiger partial charge in [0.25, 0.3) is 0 Å². The molecule has 2 rings (SSSR count). The lowest BCUT2D eigenvalue weighted by molar-refractivity contribution is 0.283. The summed E-state index contributed by atoms with van der Waals surface area (Å²) in [5, 5.41) is 12.5. The van der Waals surface area contributed by atoms with Crippen molar-refractivity contribution in [2.75, 3.05) is 25.1 Å². The Labute approximate surface area is 124 Å². The normalized spacial score (nSPS) is 17.1. The summed E-state index contributed by atoms with van der Waals surface area (Å²) in [5.74, 6) is 0. The van der Waals surface area contributed by atoms with E-state index in [1.165, 1.54) is 30.5 Å². The molecule has 1 aromatic rings. The first kappa shape index (κ1) is 14.8. The minimum atomic E-state index is 0.206. The number of benzene rings is 1. The Morgan fingerprint density at radius 3 is 2.68 bits per heavy atom. The first-order valence-corrected chi connectivity index (χ1v) is 7.81. The van der Waals surface area contributed by atoms with Gasteiger partial charge in [-0.1, -0.05) is 6.07 Å². The average molecular weight is 327 g/mol. The highest BCUT2D eigenvalue weighted by Crippen LogP contribution is 2.35. The van der Waals surface area contributed by atoms with Crippen LogP contribution in [0.4, 0.5) is 5.69 Å². The predicted octanol–water partition coefficient (Wildman–Crippen LogP) is 3.08. The van der Waals surface area contributed by atoms with Gasteiger partial charge in [-0.3, -0.25) is 0 Å². The molecule has 106 valence electrons. The van der Waals surface area contributed by atoms with Gasteiger partial charge in [-0.2, -0.15) is 0 Å². The van der Waals surface area contributed by atoms with Crippen LogP contribution in [0.15, 0.2) is 22.7 Å². The summed E-state index contributed by atoms with van der Waals surface area (Å²) in [5.41, 5.74) is 2.47. The van der Waals surface area contributed by atoms with Crippen LogP contribution in [0.25, 0.3) is 0 Å². The third-order valence-corrected chi connectivity index (χ3v) is 4.71. The molecule has 1 aromatic carbocycles. The SMILES string of the molecule is CNC(C)c1ccc(N(CCO)C2CCC2)c(Br)c1. The molecule has 0 heterocycles. The van der Waals surface area contributed by atoms with Crippen molar-refractivity contribution in [3.8, 4) is 0 Å². The molecule has 0 saturated heterocycles. The highest BCUT2D eigenvalue weighted by Gasteiger charge is 2.26. The minimum absolute atomic E-state index is 0.206. The number of rotatable bonds is 6. The van der Waals surface area contributed by atoms with Crippen molar-refractivity contribution in [1.29, 1.82) is 0 Å². The zero-order valence-electron chi connectivity index (χ0n) is 11.7. The largest absolute Gasteiger partial charge is 0.395 e. The first-order valence-electron chi connectivity index (χ1n) is 7.01. The maximum absolute atomic E-state index is 9.27. The number of hydrogen-bond acceptors (Lipinski definition) is 3. The molecule has 0 radical (unpaired) electrons. The summed E-state index contributed by atoms with van der Waals surface area (Å²) in [4.78, 5) is 2.33. The topological polar surface area (TPSA) is 35.5 Å². The van der Waals surface area contributed by atoms with Crippen LogP contribution in [0, 0.1) is 0 Å². The fraction of sp³-hybridized carbons (Fsp3) is 0.600. The summed E-state index contributed by atoms with van der Waals surface area (Å²) in [6.45, 7) is 3.07. The fourth-order valence-corrected chi connectivity index (χ4v) is 3.12. The lowest BCUT2D eigenvalue weighted by Gasteiger charge is -2.39. The Hall–Kier alpha value is -0.580. The fourth-order valence-electron chi connectivity index (χ4n) is 2.50. The van der Waals surface area contributed by atoms with E-state index in [-0.39, 0.29) is 6.61 Å². The molecule has 2 N–H and O–H groups in total. The highest BCUT2D eigenvalue weighted by atomic mass is 79.9. The maximum atomic E-state index is 9.27. The van der Waals surface area contributed by atoms with Crippen LogP contribution in [-0.4, -0.2) is 31.3 Å². The lowest BCUT2D eigenvalue weighted by Crippen LogP contribution is -2.42. The first-order chi connectivity index (χ1) is 9.17. The van der Waals surface area contributed by atoms with Crippen LogP contribution in [0.3, 0.4) is 0 Å². The van der Waals surface area contributed by atoms with Gasteiger partial charge in [0, 0.05) is 23.1 Å². The number of aliphatic hydroxyl groups is 1. The molecule has 1 fully saturated rings. The summed E-state index contributed by atoms with van der Waals surface area (Å²) in [7, 11) is 1.97. The van der Waals surface area contributed by atoms with E-state index < -0.39 is 0 Å². The number of halogens is 1. The molecule has 1 saturated carbocycles. The number of anilines is 1. The molecule has 0 aliphatic heterocycles. The van der Waals surface area contributed by atoms with E-state index in [4.69, 9.17) is 0 Å². The molecule has 0 spiro atoms. The molecule has 4 heteroatoms. The smallest absolute Gasteiger partial charge is 0.0606 e. The molecule has 0 bridgehead atoms. The monoisotopic (exact) mass is 326 g/mol. The number of hydrogen-bond donors (Lipinski definition) is 2. The average Bonchev–Trinajstić information content (AvgIpc) is 2.35. The lowest BCUT2D eigenvalue weighted by atomic mass is 9.91. The van der Waals surface area contributed by atoms with Gasteiger partial charge in [0.05, 0.1) is 12.3 Å². The summed E-state index contributed by atoms with van der Waals surface area (Å²) >= 11 is 3.69. The van der Waals surface area contributed by atoms with Crippen molar-refractivity contribution in [2.45, 2.75) is 38.3 Å². The molecule has 1 atom stereocenters. The zero-order valence-corrected chi connectivity index (χ0v) is 13.3.